The summed E-state index contributed by atoms with van der Waals surface area (Å²) in [6, 6.07) is 5.95. The van der Waals surface area contributed by atoms with Gasteiger partial charge in [0.1, 0.15) is 4.93 Å². The van der Waals surface area contributed by atoms with Crippen LogP contribution in [0.3, 0.4) is 0 Å². The molecule has 0 bridgehead atoms. The molecule has 1 fully saturated rings. The first-order valence-corrected chi connectivity index (χ1v) is 7.01. The fourth-order valence-electron chi connectivity index (χ4n) is 2.04. The van der Waals surface area contributed by atoms with E-state index < -0.39 is 0 Å². The summed E-state index contributed by atoms with van der Waals surface area (Å²) >= 11 is 7.61. The van der Waals surface area contributed by atoms with E-state index in [1.807, 2.05) is 18.2 Å². The highest BCUT2D eigenvalue weighted by atomic mass is 35.5. The summed E-state index contributed by atoms with van der Waals surface area (Å²) in [7, 11) is 0. The summed E-state index contributed by atoms with van der Waals surface area (Å²) in [5.41, 5.74) is 1.10. The Balaban J connectivity index is 1.89. The Morgan fingerprint density at radius 2 is 2.24 bits per heavy atom. The van der Waals surface area contributed by atoms with Crippen LogP contribution in [0.1, 0.15) is 12.5 Å². The van der Waals surface area contributed by atoms with Crippen LogP contribution in [0.15, 0.2) is 18.2 Å². The number of alkyl halides is 1. The van der Waals surface area contributed by atoms with E-state index in [9.17, 15) is 0 Å². The van der Waals surface area contributed by atoms with E-state index in [0.717, 1.165) is 22.8 Å². The van der Waals surface area contributed by atoms with E-state index in [1.54, 1.807) is 11.8 Å². The van der Waals surface area contributed by atoms with Crippen molar-refractivity contribution in [1.29, 1.82) is 0 Å². The fourth-order valence-corrected chi connectivity index (χ4v) is 3.53. The van der Waals surface area contributed by atoms with Crippen LogP contribution in [0.2, 0.25) is 0 Å². The maximum absolute atomic E-state index is 5.98. The third kappa shape index (κ3) is 1.98. The summed E-state index contributed by atoms with van der Waals surface area (Å²) in [4.78, 5) is -0.333. The number of fused-ring (bicyclic) bond motifs is 1. The Morgan fingerprint density at radius 1 is 1.41 bits per heavy atom. The number of halogens is 1. The van der Waals surface area contributed by atoms with Gasteiger partial charge < -0.3 is 14.2 Å². The van der Waals surface area contributed by atoms with Crippen molar-refractivity contribution in [2.45, 2.75) is 18.0 Å². The van der Waals surface area contributed by atoms with Gasteiger partial charge in [-0.05, 0) is 24.6 Å². The summed E-state index contributed by atoms with van der Waals surface area (Å²) in [5.74, 6) is 3.05. The van der Waals surface area contributed by atoms with Crippen LogP contribution in [0, 0.1) is 0 Å². The van der Waals surface area contributed by atoms with Crippen molar-refractivity contribution in [3.05, 3.63) is 23.8 Å². The monoisotopic (exact) mass is 272 g/mol. The first kappa shape index (κ1) is 11.5. The molecule has 2 heterocycles. The molecule has 0 N–H and O–H groups in total. The third-order valence-corrected chi connectivity index (χ3v) is 4.77. The minimum atomic E-state index is -0.333. The van der Waals surface area contributed by atoms with Crippen LogP contribution < -0.4 is 9.47 Å². The molecule has 3 nitrogen and oxygen atoms in total. The van der Waals surface area contributed by atoms with Crippen molar-refractivity contribution in [2.75, 3.05) is 18.4 Å². The SMILES string of the molecule is C[C@]1(c2ccc3c(c2)OCO3)O[C@H](CCl)CS1. The highest BCUT2D eigenvalue weighted by Gasteiger charge is 2.38. The average Bonchev–Trinajstić information content (AvgIpc) is 2.94. The second-order valence-electron chi connectivity index (χ2n) is 4.22. The van der Waals surface area contributed by atoms with E-state index in [4.69, 9.17) is 25.8 Å². The van der Waals surface area contributed by atoms with Crippen molar-refractivity contribution < 1.29 is 14.2 Å². The van der Waals surface area contributed by atoms with Gasteiger partial charge in [0.15, 0.2) is 11.5 Å². The Morgan fingerprint density at radius 3 is 3.00 bits per heavy atom. The van der Waals surface area contributed by atoms with E-state index in [0.29, 0.717) is 12.7 Å². The maximum Gasteiger partial charge on any atom is 0.231 e. The molecule has 0 amide bonds. The van der Waals surface area contributed by atoms with Gasteiger partial charge in [0.05, 0.1) is 6.10 Å². The molecule has 2 aliphatic heterocycles. The minimum Gasteiger partial charge on any atom is -0.454 e. The first-order chi connectivity index (χ1) is 8.21. The van der Waals surface area contributed by atoms with Crippen LogP contribution >= 0.6 is 23.4 Å². The Kier molecular flexibility index (Phi) is 2.89. The standard InChI is InChI=1S/C12H13ClO3S/c1-12(16-9(5-13)6-17-12)8-2-3-10-11(4-8)15-7-14-10/h2-4,9H,5-7H2,1H3/t9-,12+/m1/s1. The van der Waals surface area contributed by atoms with Gasteiger partial charge in [-0.1, -0.05) is 6.07 Å². The molecular weight excluding hydrogens is 260 g/mol. The maximum atomic E-state index is 5.98. The second-order valence-corrected chi connectivity index (χ2v) is 5.93. The van der Waals surface area contributed by atoms with Gasteiger partial charge in [0.25, 0.3) is 0 Å². The molecule has 3 rings (SSSR count). The zero-order chi connectivity index (χ0) is 11.9. The average molecular weight is 273 g/mol. The Hall–Kier alpha value is -0.580. The lowest BCUT2D eigenvalue weighted by atomic mass is 10.1. The molecule has 17 heavy (non-hydrogen) atoms. The summed E-state index contributed by atoms with van der Waals surface area (Å²) in [6.45, 7) is 2.37. The van der Waals surface area contributed by atoms with Gasteiger partial charge in [-0.2, -0.15) is 0 Å². The molecule has 0 unspecified atom stereocenters. The molecule has 0 aliphatic carbocycles. The van der Waals surface area contributed by atoms with Gasteiger partial charge in [-0.15, -0.1) is 23.4 Å². The summed E-state index contributed by atoms with van der Waals surface area (Å²) in [6.07, 6.45) is 0.122. The quantitative estimate of drug-likeness (QED) is 0.774. The topological polar surface area (TPSA) is 27.7 Å². The molecule has 0 saturated carbocycles. The molecule has 0 aromatic heterocycles. The van der Waals surface area contributed by atoms with E-state index in [2.05, 4.69) is 6.92 Å². The molecule has 1 aromatic rings. The summed E-state index contributed by atoms with van der Waals surface area (Å²) < 4.78 is 16.7. The number of rotatable bonds is 2. The van der Waals surface area contributed by atoms with Crippen molar-refractivity contribution in [1.82, 2.24) is 0 Å². The second kappa shape index (κ2) is 4.26. The number of hydrogen-bond acceptors (Lipinski definition) is 4. The lowest BCUT2D eigenvalue weighted by Crippen LogP contribution is -2.21. The normalized spacial score (nSPS) is 30.8. The zero-order valence-corrected chi connectivity index (χ0v) is 11.0. The lowest BCUT2D eigenvalue weighted by Gasteiger charge is -2.24. The van der Waals surface area contributed by atoms with E-state index in [1.165, 1.54) is 0 Å². The van der Waals surface area contributed by atoms with Gasteiger partial charge in [0, 0.05) is 11.6 Å². The molecule has 1 aromatic carbocycles. The lowest BCUT2D eigenvalue weighted by molar-refractivity contribution is 0.0130. The van der Waals surface area contributed by atoms with Gasteiger partial charge in [-0.3, -0.25) is 0 Å². The van der Waals surface area contributed by atoms with Crippen molar-refractivity contribution >= 4 is 23.4 Å². The Labute approximate surface area is 109 Å². The van der Waals surface area contributed by atoms with Crippen LogP contribution in [0.4, 0.5) is 0 Å². The van der Waals surface area contributed by atoms with E-state index in [-0.39, 0.29) is 11.0 Å². The molecule has 2 aliphatic rings. The first-order valence-electron chi connectivity index (χ1n) is 5.49. The zero-order valence-electron chi connectivity index (χ0n) is 9.44. The number of benzene rings is 1. The highest BCUT2D eigenvalue weighted by molar-refractivity contribution is 8.00. The van der Waals surface area contributed by atoms with Crippen LogP contribution in [-0.2, 0) is 9.67 Å². The van der Waals surface area contributed by atoms with Crippen LogP contribution in [0.5, 0.6) is 11.5 Å². The van der Waals surface area contributed by atoms with E-state index >= 15 is 0 Å². The molecule has 0 spiro atoms. The predicted molar refractivity (Wildman–Crippen MR) is 68.0 cm³/mol. The van der Waals surface area contributed by atoms with Crippen LogP contribution in [-0.4, -0.2) is 24.5 Å². The largest absolute Gasteiger partial charge is 0.454 e. The van der Waals surface area contributed by atoms with Gasteiger partial charge in [-0.25, -0.2) is 0 Å². The van der Waals surface area contributed by atoms with Gasteiger partial charge in [0.2, 0.25) is 6.79 Å². The number of thioether (sulfide) groups is 1. The smallest absolute Gasteiger partial charge is 0.231 e. The molecule has 92 valence electrons. The molecule has 0 radical (unpaired) electrons. The van der Waals surface area contributed by atoms with Gasteiger partial charge >= 0.3 is 0 Å². The molecule has 2 atom stereocenters. The third-order valence-electron chi connectivity index (χ3n) is 3.01. The molecule has 1 saturated heterocycles. The predicted octanol–water partition coefficient (Wildman–Crippen LogP) is 2.96. The van der Waals surface area contributed by atoms with Crippen LogP contribution in [0.25, 0.3) is 0 Å². The van der Waals surface area contributed by atoms with Crippen molar-refractivity contribution in [3.63, 3.8) is 0 Å². The fraction of sp³-hybridized carbons (Fsp3) is 0.500. The Bertz CT molecular complexity index is 440. The molecule has 5 heteroatoms. The van der Waals surface area contributed by atoms with Crippen molar-refractivity contribution in [3.8, 4) is 11.5 Å². The number of hydrogen-bond donors (Lipinski definition) is 0. The summed E-state index contributed by atoms with van der Waals surface area (Å²) in [5, 5.41) is 0. The minimum absolute atomic E-state index is 0.122. The molecular formula is C12H13ClO3S. The highest BCUT2D eigenvalue weighted by Crippen LogP contribution is 2.47. The van der Waals surface area contributed by atoms with Crippen molar-refractivity contribution in [2.24, 2.45) is 0 Å². The number of ether oxygens (including phenoxy) is 3.